The van der Waals surface area contributed by atoms with Crippen LogP contribution in [-0.4, -0.2) is 56.4 Å². The lowest BCUT2D eigenvalue weighted by Gasteiger charge is -2.28. The van der Waals surface area contributed by atoms with E-state index >= 15 is 0 Å². The zero-order chi connectivity index (χ0) is 17.9. The quantitative estimate of drug-likeness (QED) is 0.730. The first kappa shape index (κ1) is 18.0. The molecule has 1 aromatic rings. The summed E-state index contributed by atoms with van der Waals surface area (Å²) in [6.07, 6.45) is 6.68. The van der Waals surface area contributed by atoms with E-state index in [9.17, 15) is 13.2 Å². The Hall–Kier alpha value is -1.82. The molecule has 6 heteroatoms. The molecule has 136 valence electrons. The molecule has 3 rings (SSSR count). The molecule has 0 aliphatic carbocycles. The molecule has 0 bridgehead atoms. The van der Waals surface area contributed by atoms with Gasteiger partial charge < -0.3 is 9.80 Å². The maximum Gasteiger partial charge on any atom is 0.254 e. The van der Waals surface area contributed by atoms with Gasteiger partial charge in [0.05, 0.1) is 11.5 Å². The molecule has 1 atom stereocenters. The molecule has 2 aliphatic heterocycles. The van der Waals surface area contributed by atoms with Crippen LogP contribution in [0.2, 0.25) is 0 Å². The minimum absolute atomic E-state index is 0.0540. The Bertz CT molecular complexity index is 732. The molecule has 0 aromatic heterocycles. The second-order valence-electron chi connectivity index (χ2n) is 6.83. The summed E-state index contributed by atoms with van der Waals surface area (Å²) >= 11 is 0. The topological polar surface area (TPSA) is 57.7 Å². The number of hydrogen-bond acceptors (Lipinski definition) is 4. The summed E-state index contributed by atoms with van der Waals surface area (Å²) in [6, 6.07) is 7.48. The van der Waals surface area contributed by atoms with Crippen molar-refractivity contribution < 1.29 is 13.2 Å². The number of carbonyl (C=O) groups is 1. The monoisotopic (exact) mass is 362 g/mol. The van der Waals surface area contributed by atoms with Crippen molar-refractivity contribution in [2.75, 3.05) is 36.0 Å². The van der Waals surface area contributed by atoms with Crippen molar-refractivity contribution in [1.82, 2.24) is 4.90 Å². The Labute approximate surface area is 150 Å². The third-order valence-electron chi connectivity index (χ3n) is 4.96. The van der Waals surface area contributed by atoms with Gasteiger partial charge in [-0.15, -0.1) is 0 Å². The van der Waals surface area contributed by atoms with Crippen molar-refractivity contribution in [2.45, 2.75) is 32.2 Å². The fraction of sp³-hybridized carbons (Fsp3) is 0.526. The van der Waals surface area contributed by atoms with Gasteiger partial charge in [0.2, 0.25) is 0 Å². The fourth-order valence-electron chi connectivity index (χ4n) is 3.47. The number of nitrogens with zero attached hydrogens (tertiary/aromatic N) is 2. The minimum Gasteiger partial charge on any atom is -0.364 e. The molecule has 0 saturated carbocycles. The molecule has 2 heterocycles. The normalized spacial score (nSPS) is 21.6. The summed E-state index contributed by atoms with van der Waals surface area (Å²) in [4.78, 5) is 17.0. The number of hydrogen-bond donors (Lipinski definition) is 0. The molecule has 0 radical (unpaired) electrons. The molecule has 5 nitrogen and oxygen atoms in total. The van der Waals surface area contributed by atoms with Crippen LogP contribution >= 0.6 is 0 Å². The molecule has 0 spiro atoms. The summed E-state index contributed by atoms with van der Waals surface area (Å²) in [5.74, 6) is 0.232. The average Bonchev–Trinajstić information content (AvgIpc) is 3.25. The van der Waals surface area contributed by atoms with Crippen molar-refractivity contribution in [3.63, 3.8) is 0 Å². The average molecular weight is 362 g/mol. The van der Waals surface area contributed by atoms with Crippen LogP contribution in [0.4, 0.5) is 5.69 Å². The van der Waals surface area contributed by atoms with Gasteiger partial charge in [-0.1, -0.05) is 25.5 Å². The van der Waals surface area contributed by atoms with Crippen LogP contribution in [0.5, 0.6) is 0 Å². The number of unbranched alkanes of at least 4 members (excludes halogenated alkanes) is 1. The third kappa shape index (κ3) is 4.24. The van der Waals surface area contributed by atoms with Crippen molar-refractivity contribution in [3.8, 4) is 0 Å². The van der Waals surface area contributed by atoms with Gasteiger partial charge in [-0.2, -0.15) is 0 Å². The van der Waals surface area contributed by atoms with Gasteiger partial charge >= 0.3 is 0 Å². The first-order valence-electron chi connectivity index (χ1n) is 9.01. The highest BCUT2D eigenvalue weighted by Crippen LogP contribution is 2.23. The number of benzene rings is 1. The SMILES string of the molecule is CCCCN(C(=O)c1ccc(N2CC=CC2)cc1)C1CCS(=O)(=O)C1. The Morgan fingerprint density at radius 1 is 1.20 bits per heavy atom. The van der Waals surface area contributed by atoms with Gasteiger partial charge in [0, 0.05) is 36.9 Å². The molecule has 1 saturated heterocycles. The highest BCUT2D eigenvalue weighted by Gasteiger charge is 2.34. The minimum atomic E-state index is -3.01. The number of carbonyl (C=O) groups excluding carboxylic acids is 1. The lowest BCUT2D eigenvalue weighted by Crippen LogP contribution is -2.41. The Morgan fingerprint density at radius 3 is 2.44 bits per heavy atom. The van der Waals surface area contributed by atoms with Crippen molar-refractivity contribution in [2.24, 2.45) is 0 Å². The van der Waals surface area contributed by atoms with E-state index in [0.717, 1.165) is 31.6 Å². The Balaban J connectivity index is 1.74. The van der Waals surface area contributed by atoms with Crippen LogP contribution < -0.4 is 4.90 Å². The fourth-order valence-corrected chi connectivity index (χ4v) is 5.20. The maximum atomic E-state index is 13.0. The molecule has 1 amide bonds. The largest absolute Gasteiger partial charge is 0.364 e. The van der Waals surface area contributed by atoms with E-state index in [4.69, 9.17) is 0 Å². The van der Waals surface area contributed by atoms with E-state index in [1.165, 1.54) is 0 Å². The molecule has 0 N–H and O–H groups in total. The van der Waals surface area contributed by atoms with Crippen LogP contribution in [0.25, 0.3) is 0 Å². The molecule has 2 aliphatic rings. The zero-order valence-electron chi connectivity index (χ0n) is 14.7. The predicted octanol–water partition coefficient (Wildman–Crippen LogP) is 2.49. The standard InChI is InChI=1S/C19H26N2O3S/c1-2-3-13-21(18-10-14-25(23,24)15-18)19(22)16-6-8-17(9-7-16)20-11-4-5-12-20/h4-9,18H,2-3,10-15H2,1H3. The number of anilines is 1. The summed E-state index contributed by atoms with van der Waals surface area (Å²) < 4.78 is 23.6. The lowest BCUT2D eigenvalue weighted by molar-refractivity contribution is 0.0694. The van der Waals surface area contributed by atoms with Crippen LogP contribution in [0, 0.1) is 0 Å². The van der Waals surface area contributed by atoms with Gasteiger partial charge in [0.1, 0.15) is 0 Å². The van der Waals surface area contributed by atoms with Crippen LogP contribution in [0.3, 0.4) is 0 Å². The lowest BCUT2D eigenvalue weighted by atomic mass is 10.1. The van der Waals surface area contributed by atoms with Gasteiger partial charge in [0.25, 0.3) is 5.91 Å². The highest BCUT2D eigenvalue weighted by molar-refractivity contribution is 7.91. The van der Waals surface area contributed by atoms with Gasteiger partial charge in [-0.3, -0.25) is 4.79 Å². The van der Waals surface area contributed by atoms with E-state index in [1.54, 1.807) is 4.90 Å². The smallest absolute Gasteiger partial charge is 0.254 e. The first-order chi connectivity index (χ1) is 12.0. The third-order valence-corrected chi connectivity index (χ3v) is 6.71. The van der Waals surface area contributed by atoms with Gasteiger partial charge in [-0.25, -0.2) is 8.42 Å². The second-order valence-corrected chi connectivity index (χ2v) is 9.06. The van der Waals surface area contributed by atoms with E-state index in [0.29, 0.717) is 18.5 Å². The summed E-state index contributed by atoms with van der Waals surface area (Å²) in [7, 11) is -3.01. The van der Waals surface area contributed by atoms with E-state index < -0.39 is 9.84 Å². The zero-order valence-corrected chi connectivity index (χ0v) is 15.5. The van der Waals surface area contributed by atoms with Crippen LogP contribution in [-0.2, 0) is 9.84 Å². The molecule has 25 heavy (non-hydrogen) atoms. The maximum absolute atomic E-state index is 13.0. The van der Waals surface area contributed by atoms with Crippen LogP contribution in [0.1, 0.15) is 36.5 Å². The Morgan fingerprint density at radius 2 is 1.88 bits per heavy atom. The molecular formula is C19H26N2O3S. The Kier molecular flexibility index (Phi) is 5.47. The van der Waals surface area contributed by atoms with Gasteiger partial charge in [0.15, 0.2) is 9.84 Å². The van der Waals surface area contributed by atoms with E-state index in [2.05, 4.69) is 24.0 Å². The first-order valence-corrected chi connectivity index (χ1v) is 10.8. The van der Waals surface area contributed by atoms with E-state index in [-0.39, 0.29) is 23.5 Å². The summed E-state index contributed by atoms with van der Waals surface area (Å²) in [6.45, 7) is 4.49. The van der Waals surface area contributed by atoms with Gasteiger partial charge in [-0.05, 0) is 37.1 Å². The molecule has 1 aromatic carbocycles. The second kappa shape index (κ2) is 7.60. The van der Waals surface area contributed by atoms with Crippen LogP contribution in [0.15, 0.2) is 36.4 Å². The van der Waals surface area contributed by atoms with E-state index in [1.807, 2.05) is 24.3 Å². The summed E-state index contributed by atoms with van der Waals surface area (Å²) in [5.41, 5.74) is 1.74. The van der Waals surface area contributed by atoms with Crippen molar-refractivity contribution >= 4 is 21.4 Å². The summed E-state index contributed by atoms with van der Waals surface area (Å²) in [5, 5.41) is 0. The number of sulfone groups is 1. The molecule has 1 unspecified atom stereocenters. The van der Waals surface area contributed by atoms with Crippen molar-refractivity contribution in [1.29, 1.82) is 0 Å². The van der Waals surface area contributed by atoms with Crippen molar-refractivity contribution in [3.05, 3.63) is 42.0 Å². The highest BCUT2D eigenvalue weighted by atomic mass is 32.2. The molecule has 1 fully saturated rings. The number of rotatable bonds is 6. The predicted molar refractivity (Wildman–Crippen MR) is 101 cm³/mol. The molecular weight excluding hydrogens is 336 g/mol. The number of amides is 1.